The molecule has 0 spiro atoms. The van der Waals surface area contributed by atoms with Crippen LogP contribution in [0.2, 0.25) is 0 Å². The minimum Gasteiger partial charge on any atom is -0.391 e. The van der Waals surface area contributed by atoms with Gasteiger partial charge in [-0.3, -0.25) is 34.0 Å². The number of para-hydroxylation sites is 1. The number of aliphatic hydroxyl groups excluding tert-OH is 1. The summed E-state index contributed by atoms with van der Waals surface area (Å²) in [6, 6.07) is 22.6. The van der Waals surface area contributed by atoms with Crippen LogP contribution in [0.15, 0.2) is 90.6 Å². The fraction of sp³-hybridized carbons (Fsp3) is 0.478. The summed E-state index contributed by atoms with van der Waals surface area (Å²) in [5.41, 5.74) is 9.15. The monoisotopic (exact) mass is 1260 g/mol. The number of hydrogen-bond acceptors (Lipinski definition) is 15. The highest BCUT2D eigenvalue weighted by Gasteiger charge is 2.51. The number of likely N-dealkylation sites (tertiary alicyclic amines) is 1. The number of aromatic nitrogens is 5. The van der Waals surface area contributed by atoms with Crippen molar-refractivity contribution in [3.05, 3.63) is 130 Å². The van der Waals surface area contributed by atoms with E-state index in [9.17, 15) is 37.5 Å². The molecule has 4 aliphatic carbocycles. The average Bonchev–Trinajstić information content (AvgIpc) is 1.47. The number of carbonyl (C=O) groups is 5. The summed E-state index contributed by atoms with van der Waals surface area (Å²) in [6.45, 7) is 12.8. The third kappa shape index (κ3) is 13.4. The molecule has 22 heteroatoms. The van der Waals surface area contributed by atoms with Gasteiger partial charge in [0.1, 0.15) is 23.6 Å². The zero-order valence-corrected chi connectivity index (χ0v) is 53.8. The van der Waals surface area contributed by atoms with Crippen LogP contribution in [0.5, 0.6) is 0 Å². The Morgan fingerprint density at radius 1 is 0.831 bits per heavy atom. The first-order valence-corrected chi connectivity index (χ1v) is 34.6. The lowest BCUT2D eigenvalue weighted by Gasteiger charge is -2.56. The Morgan fingerprint density at radius 2 is 1.57 bits per heavy atom. The molecule has 1 saturated heterocycles. The van der Waals surface area contributed by atoms with Gasteiger partial charge in [-0.1, -0.05) is 87.1 Å². The molecule has 4 atom stereocenters. The van der Waals surface area contributed by atoms with Crippen LogP contribution in [-0.2, 0) is 43.9 Å². The lowest BCUT2D eigenvalue weighted by molar-refractivity contribution is -0.144. The fourth-order valence-corrected chi connectivity index (χ4v) is 17.7. The van der Waals surface area contributed by atoms with Gasteiger partial charge < -0.3 is 25.5 Å². The Kier molecular flexibility index (Phi) is 17.4. The lowest BCUT2D eigenvalue weighted by atomic mass is 9.49. The van der Waals surface area contributed by atoms with Crippen molar-refractivity contribution in [2.24, 2.45) is 28.6 Å². The zero-order valence-electron chi connectivity index (χ0n) is 51.4. The normalized spacial score (nSPS) is 22.0. The van der Waals surface area contributed by atoms with Gasteiger partial charge in [0, 0.05) is 61.4 Å². The van der Waals surface area contributed by atoms with Crippen LogP contribution in [0.25, 0.3) is 31.8 Å². The molecule has 6 aliphatic rings. The van der Waals surface area contributed by atoms with Crippen molar-refractivity contribution in [2.75, 3.05) is 29.1 Å². The number of thiazole rings is 2. The standard InChI is InChI=1S/C67H79N11O8S3/c1-39(45-18-20-47(21-19-45)59-40(2)68-38-87-59)70-62(82)54-30-48(79)35-77(54)64(84)60(66(4,5)6)73-57(80)17-8-7-11-26-89(85,86)75-63(83)58-49(51-34-69-78(41(51)3)37-67-31-42-27-43(32-67)29-44(28-42)33-67)22-23-56(72-58)76-25-24-46-13-12-14-50(52(46)36-76)61(81)74-65-71-53-15-9-10-16-55(53)88-65/h9-10,12-16,18-23,34,38-39,42-44,48,54,60,79H,7-8,11,17,24-33,35-37H2,1-6H3,(H,70,82)(H,73,80)(H,75,83)(H,71,74,81)/t39-,42?,43?,44?,48+,54-,60?,67?/m0/s1. The first kappa shape index (κ1) is 61.8. The van der Waals surface area contributed by atoms with Gasteiger partial charge in [-0.15, -0.1) is 11.3 Å². The van der Waals surface area contributed by atoms with E-state index in [4.69, 9.17) is 10.1 Å². The summed E-state index contributed by atoms with van der Waals surface area (Å²) in [6.07, 6.45) is 9.79. The second kappa shape index (κ2) is 25.1. The summed E-state index contributed by atoms with van der Waals surface area (Å²) >= 11 is 2.96. The predicted octanol–water partition coefficient (Wildman–Crippen LogP) is 10.3. The molecular weight excluding hydrogens is 1180 g/mol. The third-order valence-electron chi connectivity index (χ3n) is 19.1. The molecule has 19 nitrogen and oxygen atoms in total. The number of β-amino-alcohol motifs (C(OH)–C–C–N with tert-alkyl or cyclic N) is 1. The van der Waals surface area contributed by atoms with Gasteiger partial charge in [-0.25, -0.2) is 28.1 Å². The number of nitrogens with one attached hydrogen (secondary N) is 4. The molecule has 5 fully saturated rings. The number of rotatable bonds is 20. The van der Waals surface area contributed by atoms with E-state index in [-0.39, 0.29) is 42.8 Å². The van der Waals surface area contributed by atoms with Crippen molar-refractivity contribution in [3.8, 4) is 21.6 Å². The first-order chi connectivity index (χ1) is 42.6. The minimum absolute atomic E-state index is 0.00998. The molecule has 468 valence electrons. The van der Waals surface area contributed by atoms with Crippen LogP contribution in [0.4, 0.5) is 10.9 Å². The van der Waals surface area contributed by atoms with Gasteiger partial charge in [-0.05, 0) is 160 Å². The molecule has 4 aromatic heterocycles. The van der Waals surface area contributed by atoms with E-state index in [0.29, 0.717) is 60.0 Å². The first-order valence-electron chi connectivity index (χ1n) is 31.3. The van der Waals surface area contributed by atoms with Crippen molar-refractivity contribution in [3.63, 3.8) is 0 Å². The second-order valence-electron chi connectivity index (χ2n) is 26.8. The molecule has 89 heavy (non-hydrogen) atoms. The van der Waals surface area contributed by atoms with Gasteiger partial charge in [-0.2, -0.15) is 5.10 Å². The van der Waals surface area contributed by atoms with E-state index < -0.39 is 69.0 Å². The van der Waals surface area contributed by atoms with Crippen LogP contribution in [0, 0.1) is 42.4 Å². The number of fused-ring (bicyclic) bond motifs is 2. The number of benzene rings is 3. The number of hydrogen-bond donors (Lipinski definition) is 5. The van der Waals surface area contributed by atoms with Crippen LogP contribution in [-0.4, -0.2) is 110 Å². The molecule has 1 unspecified atom stereocenters. The summed E-state index contributed by atoms with van der Waals surface area (Å²) in [5.74, 6) is -0.141. The van der Waals surface area contributed by atoms with Crippen molar-refractivity contribution < 1.29 is 37.5 Å². The Bertz CT molecular complexity index is 3890. The van der Waals surface area contributed by atoms with Crippen molar-refractivity contribution in [1.29, 1.82) is 0 Å². The summed E-state index contributed by atoms with van der Waals surface area (Å²) in [4.78, 5) is 88.9. The predicted molar refractivity (Wildman–Crippen MR) is 346 cm³/mol. The summed E-state index contributed by atoms with van der Waals surface area (Å²) < 4.78 is 33.2. The minimum atomic E-state index is -4.23. The number of nitrogens with zero attached hydrogens (tertiary/aromatic N) is 7. The Hall–Kier alpha value is -7.40. The topological polar surface area (TPSA) is 251 Å². The maximum Gasteiger partial charge on any atom is 0.284 e. The molecule has 3 aromatic carbocycles. The Balaban J connectivity index is 0.695. The van der Waals surface area contributed by atoms with Crippen molar-refractivity contribution in [2.45, 2.75) is 156 Å². The molecule has 5 amide bonds. The van der Waals surface area contributed by atoms with Crippen LogP contribution >= 0.6 is 22.7 Å². The molecule has 4 saturated carbocycles. The fourth-order valence-electron chi connectivity index (χ4n) is 15.0. The largest absolute Gasteiger partial charge is 0.391 e. The number of unbranched alkanes of at least 4 members (excludes halogenated alkanes) is 2. The Morgan fingerprint density at radius 3 is 2.28 bits per heavy atom. The molecule has 5 N–H and O–H groups in total. The van der Waals surface area contributed by atoms with E-state index in [1.54, 1.807) is 29.1 Å². The van der Waals surface area contributed by atoms with Gasteiger partial charge in [0.25, 0.3) is 11.8 Å². The van der Waals surface area contributed by atoms with Crippen LogP contribution in [0.1, 0.15) is 153 Å². The van der Waals surface area contributed by atoms with Gasteiger partial charge in [0.2, 0.25) is 27.7 Å². The number of amides is 5. The number of anilines is 2. The molecular formula is C67H79N11O8S3. The van der Waals surface area contributed by atoms with Crippen molar-refractivity contribution in [1.82, 2.24) is 45.0 Å². The van der Waals surface area contributed by atoms with Crippen LogP contribution < -0.4 is 25.6 Å². The van der Waals surface area contributed by atoms with E-state index in [0.717, 1.165) is 73.0 Å². The number of sulfonamides is 1. The van der Waals surface area contributed by atoms with Gasteiger partial charge in [0.05, 0.1) is 50.4 Å². The second-order valence-corrected chi connectivity index (χ2v) is 30.5. The highest BCUT2D eigenvalue weighted by Crippen LogP contribution is 2.60. The van der Waals surface area contributed by atoms with E-state index >= 15 is 0 Å². The molecule has 2 aliphatic heterocycles. The third-order valence-corrected chi connectivity index (χ3v) is 22.4. The number of aliphatic hydroxyl groups is 1. The maximum absolute atomic E-state index is 14.7. The van der Waals surface area contributed by atoms with Gasteiger partial charge in [0.15, 0.2) is 5.13 Å². The Labute approximate surface area is 528 Å². The molecule has 0 radical (unpaired) electrons. The van der Waals surface area contributed by atoms with Crippen molar-refractivity contribution >= 4 is 83.4 Å². The maximum atomic E-state index is 14.7. The summed E-state index contributed by atoms with van der Waals surface area (Å²) in [5, 5.41) is 25.2. The molecule has 7 aromatic rings. The number of carbonyl (C=O) groups excluding carboxylic acids is 5. The SMILES string of the molecule is Cc1ncsc1-c1ccc([C@H](C)NC(=O)[C@@H]2C[C@@H](O)CN2C(=O)C(NC(=O)CCCCCS(=O)(=O)NC(=O)c2nc(N3CCc4cccc(C(=O)Nc5nc6ccccc6s5)c4C3)ccc2-c2cnn(CC34CC5CC(CC(C5)C3)C4)c2C)C(C)(C)C)cc1. The molecule has 6 heterocycles. The molecule has 13 rings (SSSR count). The zero-order chi connectivity index (χ0) is 62.5. The highest BCUT2D eigenvalue weighted by atomic mass is 32.2. The smallest absolute Gasteiger partial charge is 0.284 e. The van der Waals surface area contributed by atoms with E-state index in [2.05, 4.69) is 35.3 Å². The number of pyridine rings is 1. The highest BCUT2D eigenvalue weighted by molar-refractivity contribution is 7.90. The lowest BCUT2D eigenvalue weighted by Crippen LogP contribution is -2.57. The average molecular weight is 1260 g/mol. The summed E-state index contributed by atoms with van der Waals surface area (Å²) in [7, 11) is -4.23. The molecule has 4 bridgehead atoms. The quantitative estimate of drug-likeness (QED) is 0.0446. The number of aryl methyl sites for hydroxylation is 1. The van der Waals surface area contributed by atoms with Gasteiger partial charge >= 0.3 is 0 Å². The van der Waals surface area contributed by atoms with Crippen LogP contribution in [0.3, 0.4) is 0 Å². The van der Waals surface area contributed by atoms with E-state index in [1.165, 1.54) is 54.8 Å². The van der Waals surface area contributed by atoms with E-state index in [1.807, 2.05) is 119 Å².